The normalized spacial score (nSPS) is 11.5. The van der Waals surface area contributed by atoms with Crippen molar-refractivity contribution >= 4 is 9.84 Å². The van der Waals surface area contributed by atoms with E-state index in [1.165, 1.54) is 7.11 Å². The Labute approximate surface area is 89.7 Å². The van der Waals surface area contributed by atoms with Crippen molar-refractivity contribution in [1.82, 2.24) is 0 Å². The molecule has 0 bridgehead atoms. The van der Waals surface area contributed by atoms with Gasteiger partial charge in [-0.2, -0.15) is 0 Å². The van der Waals surface area contributed by atoms with Crippen molar-refractivity contribution in [2.75, 3.05) is 26.3 Å². The molecule has 0 saturated heterocycles. The number of rotatable bonds is 6. The van der Waals surface area contributed by atoms with E-state index in [9.17, 15) is 8.42 Å². The van der Waals surface area contributed by atoms with Crippen LogP contribution >= 0.6 is 0 Å². The summed E-state index contributed by atoms with van der Waals surface area (Å²) in [7, 11) is -1.73. The lowest BCUT2D eigenvalue weighted by Crippen LogP contribution is -2.13. The lowest BCUT2D eigenvalue weighted by molar-refractivity contribution is -0.0242. The molecule has 0 aliphatic rings. The van der Waals surface area contributed by atoms with Crippen LogP contribution in [0.3, 0.4) is 0 Å². The van der Waals surface area contributed by atoms with Gasteiger partial charge in [-0.25, -0.2) is 8.42 Å². The number of hydrogen-bond donors (Lipinski definition) is 0. The van der Waals surface area contributed by atoms with E-state index in [1.807, 2.05) is 0 Å². The number of hydrogen-bond acceptors (Lipinski definition) is 4. The minimum absolute atomic E-state index is 0.0274. The van der Waals surface area contributed by atoms with E-state index in [-0.39, 0.29) is 19.2 Å². The predicted octanol–water partition coefficient (Wildman–Crippen LogP) is 1.08. The van der Waals surface area contributed by atoms with Crippen LogP contribution in [-0.2, 0) is 19.3 Å². The Morgan fingerprint density at radius 2 is 1.87 bits per heavy atom. The average Bonchev–Trinajstić information content (AvgIpc) is 2.26. The zero-order chi connectivity index (χ0) is 11.1. The topological polar surface area (TPSA) is 52.6 Å². The maximum absolute atomic E-state index is 11.7. The minimum Gasteiger partial charge on any atom is -0.359 e. The van der Waals surface area contributed by atoms with E-state index >= 15 is 0 Å². The summed E-state index contributed by atoms with van der Waals surface area (Å²) in [5.41, 5.74) is 0. The fourth-order valence-corrected chi connectivity index (χ4v) is 2.20. The average molecular weight is 230 g/mol. The molecule has 0 heterocycles. The lowest BCUT2D eigenvalue weighted by Gasteiger charge is -2.04. The van der Waals surface area contributed by atoms with Gasteiger partial charge in [0, 0.05) is 7.11 Å². The monoisotopic (exact) mass is 230 g/mol. The van der Waals surface area contributed by atoms with E-state index in [1.54, 1.807) is 30.3 Å². The van der Waals surface area contributed by atoms with Crippen LogP contribution in [0.25, 0.3) is 0 Å². The minimum atomic E-state index is -3.22. The Bertz CT molecular complexity index is 372. The maximum atomic E-state index is 11.7. The highest BCUT2D eigenvalue weighted by atomic mass is 32.2. The lowest BCUT2D eigenvalue weighted by atomic mass is 10.4. The summed E-state index contributed by atoms with van der Waals surface area (Å²) in [6.45, 7) is 0.259. The van der Waals surface area contributed by atoms with Crippen molar-refractivity contribution in [2.45, 2.75) is 4.90 Å². The van der Waals surface area contributed by atoms with Gasteiger partial charge < -0.3 is 9.47 Å². The molecule has 0 radical (unpaired) electrons. The fraction of sp³-hybridized carbons (Fsp3) is 0.400. The van der Waals surface area contributed by atoms with Gasteiger partial charge in [0.1, 0.15) is 6.79 Å². The van der Waals surface area contributed by atoms with Crippen LogP contribution < -0.4 is 0 Å². The highest BCUT2D eigenvalue weighted by Gasteiger charge is 2.12. The van der Waals surface area contributed by atoms with Crippen molar-refractivity contribution in [3.8, 4) is 0 Å². The summed E-state index contributed by atoms with van der Waals surface area (Å²) in [6, 6.07) is 8.32. The van der Waals surface area contributed by atoms with Crippen molar-refractivity contribution in [2.24, 2.45) is 0 Å². The van der Waals surface area contributed by atoms with Crippen LogP contribution in [0.2, 0.25) is 0 Å². The summed E-state index contributed by atoms with van der Waals surface area (Å²) in [6.07, 6.45) is 0. The molecule has 0 aliphatic carbocycles. The van der Waals surface area contributed by atoms with E-state index in [0.29, 0.717) is 4.90 Å². The van der Waals surface area contributed by atoms with Gasteiger partial charge >= 0.3 is 0 Å². The van der Waals surface area contributed by atoms with Gasteiger partial charge in [0.2, 0.25) is 0 Å². The molecule has 0 saturated carbocycles. The van der Waals surface area contributed by atoms with E-state index in [4.69, 9.17) is 4.74 Å². The molecule has 0 spiro atoms. The first-order chi connectivity index (χ1) is 7.17. The molecule has 5 heteroatoms. The molecule has 0 fully saturated rings. The molecule has 0 amide bonds. The second-order valence-corrected chi connectivity index (χ2v) is 5.06. The molecule has 4 nitrogen and oxygen atoms in total. The molecule has 0 atom stereocenters. The summed E-state index contributed by atoms with van der Waals surface area (Å²) in [5, 5.41) is 0. The summed E-state index contributed by atoms with van der Waals surface area (Å²) in [4.78, 5) is 0.325. The Hall–Kier alpha value is -0.910. The maximum Gasteiger partial charge on any atom is 0.180 e. The Morgan fingerprint density at radius 3 is 2.47 bits per heavy atom. The number of methoxy groups -OCH3 is 1. The quantitative estimate of drug-likeness (QED) is 0.542. The largest absolute Gasteiger partial charge is 0.359 e. The van der Waals surface area contributed by atoms with E-state index in [2.05, 4.69) is 4.74 Å². The highest BCUT2D eigenvalue weighted by Crippen LogP contribution is 2.09. The Balaban J connectivity index is 2.53. The number of benzene rings is 1. The van der Waals surface area contributed by atoms with Crippen LogP contribution in [0.4, 0.5) is 0 Å². The second-order valence-electron chi connectivity index (χ2n) is 2.95. The standard InChI is InChI=1S/C10H14O4S/c1-13-9-14-7-8-15(11,12)10-5-3-2-4-6-10/h2-6H,7-9H2,1H3. The zero-order valence-corrected chi connectivity index (χ0v) is 9.37. The molecular formula is C10H14O4S. The molecule has 1 aromatic rings. The first kappa shape index (κ1) is 12.2. The van der Waals surface area contributed by atoms with Gasteiger partial charge in [-0.15, -0.1) is 0 Å². The fourth-order valence-electron chi connectivity index (χ4n) is 1.06. The summed E-state index contributed by atoms with van der Waals surface area (Å²) < 4.78 is 32.9. The third-order valence-corrected chi connectivity index (χ3v) is 3.49. The number of sulfone groups is 1. The van der Waals surface area contributed by atoms with Crippen LogP contribution in [-0.4, -0.2) is 34.7 Å². The summed E-state index contributed by atoms with van der Waals surface area (Å²) in [5.74, 6) is -0.0274. The third-order valence-electron chi connectivity index (χ3n) is 1.80. The molecule has 1 aromatic carbocycles. The molecule has 0 unspecified atom stereocenters. The van der Waals surface area contributed by atoms with Gasteiger partial charge in [0.05, 0.1) is 17.3 Å². The zero-order valence-electron chi connectivity index (χ0n) is 8.55. The molecule has 15 heavy (non-hydrogen) atoms. The van der Waals surface area contributed by atoms with Gasteiger partial charge in [0.15, 0.2) is 9.84 Å². The van der Waals surface area contributed by atoms with Crippen molar-refractivity contribution in [3.63, 3.8) is 0 Å². The first-order valence-electron chi connectivity index (χ1n) is 4.51. The highest BCUT2D eigenvalue weighted by molar-refractivity contribution is 7.91. The molecule has 0 aliphatic heterocycles. The molecule has 0 aromatic heterocycles. The van der Waals surface area contributed by atoms with E-state index < -0.39 is 9.84 Å². The number of ether oxygens (including phenoxy) is 2. The Morgan fingerprint density at radius 1 is 1.20 bits per heavy atom. The predicted molar refractivity (Wildman–Crippen MR) is 56.3 cm³/mol. The van der Waals surface area contributed by atoms with Crippen molar-refractivity contribution in [3.05, 3.63) is 30.3 Å². The molecular weight excluding hydrogens is 216 g/mol. The second kappa shape index (κ2) is 5.85. The molecule has 1 rings (SSSR count). The van der Waals surface area contributed by atoms with Crippen molar-refractivity contribution < 1.29 is 17.9 Å². The van der Waals surface area contributed by atoms with Gasteiger partial charge in [-0.05, 0) is 12.1 Å². The Kier molecular flexibility index (Phi) is 4.74. The van der Waals surface area contributed by atoms with Crippen LogP contribution in [0.15, 0.2) is 35.2 Å². The smallest absolute Gasteiger partial charge is 0.180 e. The molecule has 0 N–H and O–H groups in total. The van der Waals surface area contributed by atoms with Gasteiger partial charge in [0.25, 0.3) is 0 Å². The SMILES string of the molecule is COCOCCS(=O)(=O)c1ccccc1. The first-order valence-corrected chi connectivity index (χ1v) is 6.16. The van der Waals surface area contributed by atoms with Crippen LogP contribution in [0, 0.1) is 0 Å². The molecule has 84 valence electrons. The van der Waals surface area contributed by atoms with Gasteiger partial charge in [-0.3, -0.25) is 0 Å². The van der Waals surface area contributed by atoms with Crippen molar-refractivity contribution in [1.29, 1.82) is 0 Å². The summed E-state index contributed by atoms with van der Waals surface area (Å²) >= 11 is 0. The van der Waals surface area contributed by atoms with Crippen LogP contribution in [0.1, 0.15) is 0 Å². The third kappa shape index (κ3) is 3.99. The van der Waals surface area contributed by atoms with Crippen LogP contribution in [0.5, 0.6) is 0 Å². The van der Waals surface area contributed by atoms with Gasteiger partial charge in [-0.1, -0.05) is 18.2 Å². The van der Waals surface area contributed by atoms with E-state index in [0.717, 1.165) is 0 Å².